The zero-order valence-electron chi connectivity index (χ0n) is 8.68. The minimum absolute atomic E-state index is 0.623. The van der Waals surface area contributed by atoms with E-state index in [1.54, 1.807) is 0 Å². The van der Waals surface area contributed by atoms with Crippen molar-refractivity contribution in [3.05, 3.63) is 22.2 Å². The molecular weight excluding hydrogens is 258 g/mol. The average molecular weight is 272 g/mol. The summed E-state index contributed by atoms with van der Waals surface area (Å²) < 4.78 is 12.0. The lowest BCUT2D eigenvalue weighted by Crippen LogP contribution is -2.17. The Morgan fingerprint density at radius 1 is 1.33 bits per heavy atom. The Bertz CT molecular complexity index is 355. The lowest BCUT2D eigenvalue weighted by molar-refractivity contribution is 0.170. The molecular formula is C11H14BrNO2. The molecule has 82 valence electrons. The van der Waals surface area contributed by atoms with Crippen molar-refractivity contribution in [1.29, 1.82) is 0 Å². The second-order valence-corrected chi connectivity index (χ2v) is 4.24. The van der Waals surface area contributed by atoms with Crippen LogP contribution in [0.1, 0.15) is 12.5 Å². The van der Waals surface area contributed by atoms with E-state index in [-0.39, 0.29) is 0 Å². The molecule has 15 heavy (non-hydrogen) atoms. The quantitative estimate of drug-likeness (QED) is 0.916. The number of benzene rings is 1. The van der Waals surface area contributed by atoms with Crippen molar-refractivity contribution in [3.8, 4) is 11.5 Å². The molecule has 0 bridgehead atoms. The van der Waals surface area contributed by atoms with Crippen LogP contribution >= 0.6 is 15.9 Å². The van der Waals surface area contributed by atoms with E-state index in [9.17, 15) is 0 Å². The fraction of sp³-hybridized carbons (Fsp3) is 0.455. The van der Waals surface area contributed by atoms with Crippen LogP contribution in [0.5, 0.6) is 11.5 Å². The van der Waals surface area contributed by atoms with Crippen molar-refractivity contribution in [2.75, 3.05) is 19.8 Å². The highest BCUT2D eigenvalue weighted by Gasteiger charge is 2.15. The molecule has 4 heteroatoms. The van der Waals surface area contributed by atoms with Crippen LogP contribution in [0.2, 0.25) is 0 Å². The molecule has 1 aliphatic rings. The van der Waals surface area contributed by atoms with Crippen molar-refractivity contribution in [2.24, 2.45) is 0 Å². The van der Waals surface area contributed by atoms with Crippen LogP contribution in [0, 0.1) is 0 Å². The third-order valence-electron chi connectivity index (χ3n) is 2.24. The van der Waals surface area contributed by atoms with Gasteiger partial charge in [0.2, 0.25) is 0 Å². The van der Waals surface area contributed by atoms with Crippen LogP contribution in [0.15, 0.2) is 16.6 Å². The van der Waals surface area contributed by atoms with Gasteiger partial charge >= 0.3 is 0 Å². The summed E-state index contributed by atoms with van der Waals surface area (Å²) in [5.41, 5.74) is 1.20. The normalized spacial score (nSPS) is 14.0. The maximum Gasteiger partial charge on any atom is 0.175 e. The van der Waals surface area contributed by atoms with Crippen molar-refractivity contribution in [3.63, 3.8) is 0 Å². The van der Waals surface area contributed by atoms with Crippen molar-refractivity contribution in [2.45, 2.75) is 13.5 Å². The molecule has 0 atom stereocenters. The van der Waals surface area contributed by atoms with E-state index in [0.29, 0.717) is 13.2 Å². The average Bonchev–Trinajstić information content (AvgIpc) is 2.26. The van der Waals surface area contributed by atoms with Crippen LogP contribution in [0.25, 0.3) is 0 Å². The number of nitrogens with one attached hydrogen (secondary N) is 1. The van der Waals surface area contributed by atoms with Gasteiger partial charge in [0.05, 0.1) is 4.47 Å². The van der Waals surface area contributed by atoms with E-state index in [1.807, 2.05) is 6.07 Å². The zero-order chi connectivity index (χ0) is 10.7. The molecule has 0 fully saturated rings. The van der Waals surface area contributed by atoms with E-state index in [1.165, 1.54) is 5.56 Å². The first kappa shape index (κ1) is 10.8. The predicted octanol–water partition coefficient (Wildman–Crippen LogP) is 2.33. The van der Waals surface area contributed by atoms with Crippen LogP contribution in [-0.2, 0) is 6.54 Å². The maximum atomic E-state index is 5.54. The number of hydrogen-bond donors (Lipinski definition) is 1. The SMILES string of the molecule is CCNCc1cc(Br)c2c(c1)OCCO2. The predicted molar refractivity (Wildman–Crippen MR) is 62.5 cm³/mol. The summed E-state index contributed by atoms with van der Waals surface area (Å²) in [6, 6.07) is 4.10. The lowest BCUT2D eigenvalue weighted by atomic mass is 10.2. The van der Waals surface area contributed by atoms with Gasteiger partial charge in [-0.25, -0.2) is 0 Å². The van der Waals surface area contributed by atoms with E-state index in [2.05, 4.69) is 34.2 Å². The first-order chi connectivity index (χ1) is 7.31. The van der Waals surface area contributed by atoms with Gasteiger partial charge in [-0.2, -0.15) is 0 Å². The Kier molecular flexibility index (Phi) is 3.49. The fourth-order valence-corrected chi connectivity index (χ4v) is 2.14. The summed E-state index contributed by atoms with van der Waals surface area (Å²) in [7, 11) is 0. The molecule has 0 saturated carbocycles. The number of fused-ring (bicyclic) bond motifs is 1. The van der Waals surface area contributed by atoms with Gasteiger partial charge in [0.25, 0.3) is 0 Å². The Balaban J connectivity index is 2.24. The molecule has 0 saturated heterocycles. The largest absolute Gasteiger partial charge is 0.486 e. The molecule has 1 heterocycles. The van der Waals surface area contributed by atoms with E-state index in [0.717, 1.165) is 29.1 Å². The van der Waals surface area contributed by atoms with Gasteiger partial charge in [0.1, 0.15) is 13.2 Å². The highest BCUT2D eigenvalue weighted by Crippen LogP contribution is 2.38. The monoisotopic (exact) mass is 271 g/mol. The number of hydrogen-bond acceptors (Lipinski definition) is 3. The summed E-state index contributed by atoms with van der Waals surface area (Å²) >= 11 is 3.49. The molecule has 1 aliphatic heterocycles. The highest BCUT2D eigenvalue weighted by molar-refractivity contribution is 9.10. The number of ether oxygens (including phenoxy) is 2. The van der Waals surface area contributed by atoms with Crippen LogP contribution in [0.4, 0.5) is 0 Å². The Labute approximate surface area is 97.9 Å². The van der Waals surface area contributed by atoms with Crippen molar-refractivity contribution >= 4 is 15.9 Å². The molecule has 1 aromatic rings. The fourth-order valence-electron chi connectivity index (χ4n) is 1.54. The minimum Gasteiger partial charge on any atom is -0.486 e. The molecule has 0 unspecified atom stereocenters. The molecule has 0 spiro atoms. The molecule has 0 aliphatic carbocycles. The van der Waals surface area contributed by atoms with Gasteiger partial charge in [0.15, 0.2) is 11.5 Å². The molecule has 0 radical (unpaired) electrons. The third kappa shape index (κ3) is 2.44. The van der Waals surface area contributed by atoms with Crippen molar-refractivity contribution < 1.29 is 9.47 Å². The number of halogens is 1. The zero-order valence-corrected chi connectivity index (χ0v) is 10.3. The van der Waals surface area contributed by atoms with Gasteiger partial charge < -0.3 is 14.8 Å². The second-order valence-electron chi connectivity index (χ2n) is 3.38. The lowest BCUT2D eigenvalue weighted by Gasteiger charge is -2.20. The molecule has 1 aromatic carbocycles. The van der Waals surface area contributed by atoms with Crippen LogP contribution < -0.4 is 14.8 Å². The molecule has 0 aromatic heterocycles. The van der Waals surface area contributed by atoms with Gasteiger partial charge in [-0.3, -0.25) is 0 Å². The smallest absolute Gasteiger partial charge is 0.175 e. The Hall–Kier alpha value is -0.740. The van der Waals surface area contributed by atoms with Gasteiger partial charge in [-0.05, 0) is 40.2 Å². The van der Waals surface area contributed by atoms with Gasteiger partial charge in [-0.1, -0.05) is 6.92 Å². The number of rotatable bonds is 3. The minimum atomic E-state index is 0.623. The highest BCUT2D eigenvalue weighted by atomic mass is 79.9. The van der Waals surface area contributed by atoms with Gasteiger partial charge in [-0.15, -0.1) is 0 Å². The summed E-state index contributed by atoms with van der Waals surface area (Å²) in [5.74, 6) is 1.66. The van der Waals surface area contributed by atoms with Gasteiger partial charge in [0, 0.05) is 6.54 Å². The molecule has 2 rings (SSSR count). The van der Waals surface area contributed by atoms with E-state index >= 15 is 0 Å². The Morgan fingerprint density at radius 2 is 2.13 bits per heavy atom. The standard InChI is InChI=1S/C11H14BrNO2/c1-2-13-7-8-5-9(12)11-10(6-8)14-3-4-15-11/h5-6,13H,2-4,7H2,1H3. The van der Waals surface area contributed by atoms with E-state index < -0.39 is 0 Å². The van der Waals surface area contributed by atoms with Crippen LogP contribution in [-0.4, -0.2) is 19.8 Å². The summed E-state index contributed by atoms with van der Waals surface area (Å²) in [6.07, 6.45) is 0. The molecule has 3 nitrogen and oxygen atoms in total. The topological polar surface area (TPSA) is 30.5 Å². The summed E-state index contributed by atoms with van der Waals surface area (Å²) in [6.45, 7) is 5.16. The van der Waals surface area contributed by atoms with Crippen LogP contribution in [0.3, 0.4) is 0 Å². The first-order valence-electron chi connectivity index (χ1n) is 5.10. The summed E-state index contributed by atoms with van der Waals surface area (Å²) in [5, 5.41) is 3.28. The van der Waals surface area contributed by atoms with E-state index in [4.69, 9.17) is 9.47 Å². The summed E-state index contributed by atoms with van der Waals surface area (Å²) in [4.78, 5) is 0. The third-order valence-corrected chi connectivity index (χ3v) is 2.82. The Morgan fingerprint density at radius 3 is 2.93 bits per heavy atom. The second kappa shape index (κ2) is 4.86. The molecule has 0 amide bonds. The molecule has 1 N–H and O–H groups in total. The maximum absolute atomic E-state index is 5.54. The van der Waals surface area contributed by atoms with Crippen molar-refractivity contribution in [1.82, 2.24) is 5.32 Å². The first-order valence-corrected chi connectivity index (χ1v) is 5.89.